The summed E-state index contributed by atoms with van der Waals surface area (Å²) in [5.74, 6) is 6.07. The number of esters is 1. The van der Waals surface area contributed by atoms with Gasteiger partial charge in [0.1, 0.15) is 5.60 Å². The van der Waals surface area contributed by atoms with E-state index in [1.165, 1.54) is 38.5 Å². The second-order valence-corrected chi connectivity index (χ2v) is 9.53. The number of fused-ring (bicyclic) bond motifs is 9. The third-order valence-corrected chi connectivity index (χ3v) is 8.58. The van der Waals surface area contributed by atoms with Crippen LogP contribution < -0.4 is 0 Å². The average molecular weight is 328 g/mol. The standard InChI is InChI=1S/C22H32O2/c1-2-22(8-4-3-5-9-22)24-19(23)13-16-11-17-12-18(16)21-15-7-6-14(10-15)20(17)21/h6-7,14-18,20-21H,2-5,8-13H2,1H3. The van der Waals surface area contributed by atoms with Crippen molar-refractivity contribution < 1.29 is 9.53 Å². The summed E-state index contributed by atoms with van der Waals surface area (Å²) in [6, 6.07) is 0. The zero-order valence-electron chi connectivity index (χ0n) is 15.1. The van der Waals surface area contributed by atoms with Gasteiger partial charge in [-0.2, -0.15) is 0 Å². The van der Waals surface area contributed by atoms with Gasteiger partial charge in [0.2, 0.25) is 0 Å². The zero-order chi connectivity index (χ0) is 16.3. The van der Waals surface area contributed by atoms with Crippen molar-refractivity contribution in [2.75, 3.05) is 0 Å². The zero-order valence-corrected chi connectivity index (χ0v) is 15.1. The van der Waals surface area contributed by atoms with Crippen molar-refractivity contribution >= 4 is 5.97 Å². The lowest BCUT2D eigenvalue weighted by Gasteiger charge is -2.38. The van der Waals surface area contributed by atoms with Crippen LogP contribution in [0.2, 0.25) is 0 Å². The predicted molar refractivity (Wildman–Crippen MR) is 94.2 cm³/mol. The number of carbonyl (C=O) groups is 1. The maximum absolute atomic E-state index is 12.7. The van der Waals surface area contributed by atoms with Crippen LogP contribution in [-0.2, 0) is 9.53 Å². The summed E-state index contributed by atoms with van der Waals surface area (Å²) in [6.45, 7) is 2.20. The first kappa shape index (κ1) is 15.5. The molecule has 0 aromatic rings. The molecule has 5 rings (SSSR count). The fourth-order valence-electron chi connectivity index (χ4n) is 7.61. The Morgan fingerprint density at radius 1 is 1.04 bits per heavy atom. The Labute approximate surface area is 146 Å². The van der Waals surface area contributed by atoms with Gasteiger partial charge in [0.25, 0.3) is 0 Å². The van der Waals surface area contributed by atoms with E-state index in [-0.39, 0.29) is 11.6 Å². The van der Waals surface area contributed by atoms with Crippen molar-refractivity contribution in [2.24, 2.45) is 41.4 Å². The fraction of sp³-hybridized carbons (Fsp3) is 0.864. The molecule has 2 heteroatoms. The molecule has 5 aliphatic carbocycles. The summed E-state index contributed by atoms with van der Waals surface area (Å²) >= 11 is 0. The monoisotopic (exact) mass is 328 g/mol. The predicted octanol–water partition coefficient (Wildman–Crippen LogP) is 5.13. The van der Waals surface area contributed by atoms with Crippen LogP contribution in [0.5, 0.6) is 0 Å². The van der Waals surface area contributed by atoms with Crippen molar-refractivity contribution in [1.82, 2.24) is 0 Å². The number of ether oxygens (including phenoxy) is 1. The molecule has 2 nitrogen and oxygen atoms in total. The Kier molecular flexibility index (Phi) is 3.61. The fourth-order valence-corrected chi connectivity index (χ4v) is 7.61. The molecular formula is C22H32O2. The number of hydrogen-bond acceptors (Lipinski definition) is 2. The van der Waals surface area contributed by atoms with E-state index in [0.29, 0.717) is 12.3 Å². The minimum atomic E-state index is -0.120. The largest absolute Gasteiger partial charge is 0.459 e. The van der Waals surface area contributed by atoms with Crippen molar-refractivity contribution in [1.29, 1.82) is 0 Å². The first-order valence-corrected chi connectivity index (χ1v) is 10.6. The van der Waals surface area contributed by atoms with E-state index >= 15 is 0 Å². The van der Waals surface area contributed by atoms with Gasteiger partial charge in [-0.3, -0.25) is 4.79 Å². The van der Waals surface area contributed by atoms with Gasteiger partial charge in [0, 0.05) is 6.42 Å². The van der Waals surface area contributed by atoms with Crippen LogP contribution in [0.4, 0.5) is 0 Å². The van der Waals surface area contributed by atoms with Crippen LogP contribution in [0.15, 0.2) is 12.2 Å². The topological polar surface area (TPSA) is 26.3 Å². The van der Waals surface area contributed by atoms with Gasteiger partial charge in [-0.25, -0.2) is 0 Å². The van der Waals surface area contributed by atoms with Crippen molar-refractivity contribution in [3.8, 4) is 0 Å². The molecule has 7 atom stereocenters. The molecule has 0 aromatic heterocycles. The second-order valence-electron chi connectivity index (χ2n) is 9.53. The van der Waals surface area contributed by atoms with Gasteiger partial charge >= 0.3 is 5.97 Å². The molecule has 24 heavy (non-hydrogen) atoms. The van der Waals surface area contributed by atoms with Crippen LogP contribution in [0, 0.1) is 41.4 Å². The lowest BCUT2D eigenvalue weighted by molar-refractivity contribution is -0.165. The van der Waals surface area contributed by atoms with Crippen LogP contribution in [0.25, 0.3) is 0 Å². The van der Waals surface area contributed by atoms with Gasteiger partial charge in [-0.15, -0.1) is 0 Å². The normalized spacial score (nSPS) is 47.1. The minimum absolute atomic E-state index is 0.117. The quantitative estimate of drug-likeness (QED) is 0.406. The number of carbonyl (C=O) groups excluding carboxylic acids is 1. The highest BCUT2D eigenvalue weighted by molar-refractivity contribution is 5.70. The molecule has 0 aromatic carbocycles. The van der Waals surface area contributed by atoms with E-state index in [9.17, 15) is 4.79 Å². The molecule has 0 aliphatic heterocycles. The third-order valence-electron chi connectivity index (χ3n) is 8.58. The molecule has 132 valence electrons. The summed E-state index contributed by atoms with van der Waals surface area (Å²) in [6.07, 6.45) is 16.8. The maximum atomic E-state index is 12.7. The Balaban J connectivity index is 1.23. The lowest BCUT2D eigenvalue weighted by Crippen LogP contribution is -2.38. The number of allylic oxidation sites excluding steroid dienone is 2. The van der Waals surface area contributed by atoms with Crippen LogP contribution >= 0.6 is 0 Å². The molecule has 0 saturated heterocycles. The van der Waals surface area contributed by atoms with Gasteiger partial charge < -0.3 is 4.74 Å². The van der Waals surface area contributed by atoms with Crippen LogP contribution in [0.3, 0.4) is 0 Å². The van der Waals surface area contributed by atoms with Crippen LogP contribution in [0.1, 0.15) is 71.1 Å². The molecule has 0 N–H and O–H groups in total. The number of rotatable bonds is 4. The highest BCUT2D eigenvalue weighted by atomic mass is 16.6. The Hall–Kier alpha value is -0.790. The second kappa shape index (κ2) is 5.61. The summed E-state index contributed by atoms with van der Waals surface area (Å²) in [7, 11) is 0. The molecule has 7 unspecified atom stereocenters. The minimum Gasteiger partial charge on any atom is -0.459 e. The molecule has 4 saturated carbocycles. The molecular weight excluding hydrogens is 296 g/mol. The van der Waals surface area contributed by atoms with E-state index in [2.05, 4.69) is 19.1 Å². The van der Waals surface area contributed by atoms with Gasteiger partial charge in [-0.05, 0) is 92.8 Å². The molecule has 0 heterocycles. The SMILES string of the molecule is CCC1(OC(=O)CC2CC3CC2C2C4C=CC(C4)C32)CCCCC1. The summed E-state index contributed by atoms with van der Waals surface area (Å²) < 4.78 is 6.12. The molecule has 0 radical (unpaired) electrons. The van der Waals surface area contributed by atoms with E-state index < -0.39 is 0 Å². The van der Waals surface area contributed by atoms with Crippen LogP contribution in [-0.4, -0.2) is 11.6 Å². The van der Waals surface area contributed by atoms with E-state index in [1.807, 2.05) is 0 Å². The average Bonchev–Trinajstić information content (AvgIpc) is 3.34. The first-order valence-electron chi connectivity index (χ1n) is 10.6. The molecule has 0 amide bonds. The Morgan fingerprint density at radius 3 is 2.54 bits per heavy atom. The van der Waals surface area contributed by atoms with E-state index in [4.69, 9.17) is 4.74 Å². The molecule has 4 bridgehead atoms. The third kappa shape index (κ3) is 2.24. The van der Waals surface area contributed by atoms with E-state index in [0.717, 1.165) is 54.8 Å². The van der Waals surface area contributed by atoms with Crippen molar-refractivity contribution in [3.05, 3.63) is 12.2 Å². The summed E-state index contributed by atoms with van der Waals surface area (Å²) in [4.78, 5) is 12.7. The summed E-state index contributed by atoms with van der Waals surface area (Å²) in [5, 5.41) is 0. The Morgan fingerprint density at radius 2 is 1.79 bits per heavy atom. The lowest BCUT2D eigenvalue weighted by atomic mass is 9.69. The number of hydrogen-bond donors (Lipinski definition) is 0. The van der Waals surface area contributed by atoms with Crippen molar-refractivity contribution in [3.63, 3.8) is 0 Å². The summed E-state index contributed by atoms with van der Waals surface area (Å²) in [5.41, 5.74) is -0.120. The first-order chi connectivity index (χ1) is 11.7. The highest BCUT2D eigenvalue weighted by Crippen LogP contribution is 2.67. The van der Waals surface area contributed by atoms with Gasteiger partial charge in [0.15, 0.2) is 0 Å². The van der Waals surface area contributed by atoms with E-state index in [1.54, 1.807) is 0 Å². The van der Waals surface area contributed by atoms with Gasteiger partial charge in [-0.1, -0.05) is 25.5 Å². The van der Waals surface area contributed by atoms with Crippen molar-refractivity contribution in [2.45, 2.75) is 76.7 Å². The molecule has 5 aliphatic rings. The molecule has 4 fully saturated rings. The molecule has 0 spiro atoms. The maximum Gasteiger partial charge on any atom is 0.306 e. The Bertz CT molecular complexity index is 544. The highest BCUT2D eigenvalue weighted by Gasteiger charge is 2.61. The van der Waals surface area contributed by atoms with Gasteiger partial charge in [0.05, 0.1) is 0 Å². The smallest absolute Gasteiger partial charge is 0.306 e.